The lowest BCUT2D eigenvalue weighted by atomic mass is 9.80. The molecule has 0 spiro atoms. The monoisotopic (exact) mass is 444 g/mol. The van der Waals surface area contributed by atoms with Crippen molar-refractivity contribution >= 4 is 5.78 Å². The Hall–Kier alpha value is -0.650. The van der Waals surface area contributed by atoms with Gasteiger partial charge < -0.3 is 40.2 Å². The van der Waals surface area contributed by atoms with E-state index in [2.05, 4.69) is 17.6 Å². The third-order valence-corrected chi connectivity index (χ3v) is 6.96. The van der Waals surface area contributed by atoms with Gasteiger partial charge >= 0.3 is 0 Å². The van der Waals surface area contributed by atoms with Gasteiger partial charge in [0.25, 0.3) is 5.79 Å². The zero-order chi connectivity index (χ0) is 22.6. The molecular weight excluding hydrogens is 404 g/mol. The van der Waals surface area contributed by atoms with Gasteiger partial charge in [0.15, 0.2) is 5.78 Å². The average molecular weight is 445 g/mol. The minimum Gasteiger partial charge on any atom is -0.390 e. The van der Waals surface area contributed by atoms with E-state index in [1.807, 2.05) is 0 Å². The molecule has 0 aromatic carbocycles. The van der Waals surface area contributed by atoms with Crippen LogP contribution in [0.15, 0.2) is 0 Å². The molecule has 180 valence electrons. The van der Waals surface area contributed by atoms with Gasteiger partial charge in [0.1, 0.15) is 18.3 Å². The number of ketones is 1. The molecule has 5 N–H and O–H groups in total. The van der Waals surface area contributed by atoms with E-state index in [4.69, 9.17) is 14.2 Å². The number of hydrogen-bond acceptors (Lipinski definition) is 9. The minimum atomic E-state index is -2.24. The molecule has 0 aromatic rings. The summed E-state index contributed by atoms with van der Waals surface area (Å²) in [5.74, 6) is -2.72. The van der Waals surface area contributed by atoms with Crippen molar-refractivity contribution in [2.75, 3.05) is 14.1 Å². The predicted molar refractivity (Wildman–Crippen MR) is 113 cm³/mol. The second-order valence-corrected chi connectivity index (χ2v) is 9.12. The number of carbonyl (C=O) groups excluding carboxylic acids is 1. The summed E-state index contributed by atoms with van der Waals surface area (Å²) < 4.78 is 17.7. The number of aliphatic hydroxyl groups is 3. The van der Waals surface area contributed by atoms with E-state index in [1.54, 1.807) is 14.1 Å². The number of aliphatic hydroxyl groups excluding tert-OH is 2. The Balaban J connectivity index is 1.61. The van der Waals surface area contributed by atoms with Crippen molar-refractivity contribution in [1.82, 2.24) is 10.6 Å². The van der Waals surface area contributed by atoms with Crippen LogP contribution in [0.1, 0.15) is 64.7 Å². The number of nitrogens with one attached hydrogen (secondary N) is 2. The molecule has 9 atom stereocenters. The minimum absolute atomic E-state index is 0.0536. The van der Waals surface area contributed by atoms with Crippen molar-refractivity contribution < 1.29 is 34.3 Å². The summed E-state index contributed by atoms with van der Waals surface area (Å²) in [6, 6.07) is -1.30. The van der Waals surface area contributed by atoms with Gasteiger partial charge in [0.05, 0.1) is 24.3 Å². The predicted octanol–water partition coefficient (Wildman–Crippen LogP) is 0.195. The quantitative estimate of drug-likeness (QED) is 0.300. The molecule has 2 aliphatic heterocycles. The SMILES string of the molecule is CCCCCCCCC[C@@H]1CC(=O)[C@]2(O)O[C@@H]3[C@@H](NC)[C@@H](O)[C@@H](NC)[C@H](O)[C@H]3O[C@@H]2O1. The van der Waals surface area contributed by atoms with Crippen molar-refractivity contribution in [3.63, 3.8) is 0 Å². The number of Topliss-reactive ketones (excluding diaryl/α,β-unsaturated/α-hetero) is 1. The van der Waals surface area contributed by atoms with Gasteiger partial charge in [-0.15, -0.1) is 0 Å². The molecule has 3 rings (SSSR count). The van der Waals surface area contributed by atoms with Gasteiger partial charge in [-0.1, -0.05) is 51.9 Å². The molecule has 2 heterocycles. The number of likely N-dealkylation sites (N-methyl/N-ethyl adjacent to an activating group) is 2. The molecule has 0 unspecified atom stereocenters. The van der Waals surface area contributed by atoms with Gasteiger partial charge in [-0.25, -0.2) is 0 Å². The molecule has 0 aromatic heterocycles. The highest BCUT2D eigenvalue weighted by atomic mass is 16.8. The van der Waals surface area contributed by atoms with E-state index < -0.39 is 54.4 Å². The standard InChI is InChI=1S/C22H40N2O7/c1-4-5-6-7-8-9-10-11-13-12-14(25)22(28)21(29-13)30-20-18(27)15(23-2)17(26)16(24-3)19(20)31-22/h13,15-21,23-24,26-28H,4-12H2,1-3H3/t13-,15-,16+,17+,18+,19-,20-,21+,22+/m1/s1. The van der Waals surface area contributed by atoms with Crippen molar-refractivity contribution in [3.8, 4) is 0 Å². The van der Waals surface area contributed by atoms with Gasteiger partial charge in [0, 0.05) is 6.42 Å². The molecule has 3 fully saturated rings. The van der Waals surface area contributed by atoms with Crippen LogP contribution in [-0.2, 0) is 19.0 Å². The maximum Gasteiger partial charge on any atom is 0.280 e. The van der Waals surface area contributed by atoms with Crippen LogP contribution in [0.25, 0.3) is 0 Å². The first-order valence-corrected chi connectivity index (χ1v) is 11.8. The highest BCUT2D eigenvalue weighted by Crippen LogP contribution is 2.41. The summed E-state index contributed by atoms with van der Waals surface area (Å²) in [5, 5.41) is 38.2. The van der Waals surface area contributed by atoms with E-state index in [0.717, 1.165) is 12.8 Å². The molecule has 2 saturated heterocycles. The summed E-state index contributed by atoms with van der Waals surface area (Å²) in [6.07, 6.45) is 3.42. The van der Waals surface area contributed by atoms with Crippen LogP contribution in [-0.4, -0.2) is 89.9 Å². The van der Waals surface area contributed by atoms with Crippen LogP contribution >= 0.6 is 0 Å². The van der Waals surface area contributed by atoms with E-state index in [-0.39, 0.29) is 12.5 Å². The van der Waals surface area contributed by atoms with Crippen LogP contribution in [0.2, 0.25) is 0 Å². The summed E-state index contributed by atoms with van der Waals surface area (Å²) in [5.41, 5.74) is 0. The second kappa shape index (κ2) is 11.0. The first kappa shape index (κ1) is 25.0. The topological polar surface area (TPSA) is 130 Å². The van der Waals surface area contributed by atoms with Gasteiger partial charge in [0.2, 0.25) is 6.29 Å². The summed E-state index contributed by atoms with van der Waals surface area (Å²) in [7, 11) is 3.29. The highest BCUT2D eigenvalue weighted by Gasteiger charge is 2.63. The molecule has 0 amide bonds. The Bertz CT molecular complexity index is 594. The van der Waals surface area contributed by atoms with E-state index in [9.17, 15) is 20.1 Å². The zero-order valence-corrected chi connectivity index (χ0v) is 19.0. The van der Waals surface area contributed by atoms with E-state index >= 15 is 0 Å². The molecule has 1 aliphatic carbocycles. The van der Waals surface area contributed by atoms with Crippen molar-refractivity contribution in [3.05, 3.63) is 0 Å². The summed E-state index contributed by atoms with van der Waals surface area (Å²) in [6.45, 7) is 2.20. The number of unbranched alkanes of at least 4 members (excludes halogenated alkanes) is 6. The molecule has 1 saturated carbocycles. The normalized spacial score (nSPS) is 42.8. The largest absolute Gasteiger partial charge is 0.390 e. The Morgan fingerprint density at radius 2 is 1.58 bits per heavy atom. The zero-order valence-electron chi connectivity index (χ0n) is 19.0. The smallest absolute Gasteiger partial charge is 0.280 e. The van der Waals surface area contributed by atoms with Crippen molar-refractivity contribution in [2.45, 2.75) is 119 Å². The van der Waals surface area contributed by atoms with E-state index in [1.165, 1.54) is 32.1 Å². The number of fused-ring (bicyclic) bond motifs is 2. The van der Waals surface area contributed by atoms with Gasteiger partial charge in [-0.05, 0) is 20.5 Å². The van der Waals surface area contributed by atoms with Crippen LogP contribution in [0, 0.1) is 0 Å². The summed E-state index contributed by atoms with van der Waals surface area (Å²) >= 11 is 0. The second-order valence-electron chi connectivity index (χ2n) is 9.12. The first-order chi connectivity index (χ1) is 14.9. The lowest BCUT2D eigenvalue weighted by Gasteiger charge is -2.55. The number of ether oxygens (including phenoxy) is 3. The van der Waals surface area contributed by atoms with Crippen molar-refractivity contribution in [2.24, 2.45) is 0 Å². The number of carbonyl (C=O) groups is 1. The molecule has 0 radical (unpaired) electrons. The highest BCUT2D eigenvalue weighted by molar-refractivity contribution is 5.87. The van der Waals surface area contributed by atoms with Crippen LogP contribution in [0.3, 0.4) is 0 Å². The first-order valence-electron chi connectivity index (χ1n) is 11.8. The maximum absolute atomic E-state index is 12.8. The average Bonchev–Trinajstić information content (AvgIpc) is 2.74. The molecule has 0 bridgehead atoms. The fourth-order valence-corrected chi connectivity index (χ4v) is 5.09. The molecule has 31 heavy (non-hydrogen) atoms. The molecule has 9 heteroatoms. The Kier molecular flexibility index (Phi) is 8.85. The Morgan fingerprint density at radius 3 is 2.23 bits per heavy atom. The third kappa shape index (κ3) is 5.14. The molecule has 3 aliphatic rings. The van der Waals surface area contributed by atoms with Crippen LogP contribution in [0.5, 0.6) is 0 Å². The lowest BCUT2D eigenvalue weighted by Crippen LogP contribution is -2.77. The van der Waals surface area contributed by atoms with Crippen LogP contribution < -0.4 is 10.6 Å². The van der Waals surface area contributed by atoms with Crippen LogP contribution in [0.4, 0.5) is 0 Å². The number of hydrogen-bond donors (Lipinski definition) is 5. The van der Waals surface area contributed by atoms with Crippen molar-refractivity contribution in [1.29, 1.82) is 0 Å². The van der Waals surface area contributed by atoms with Gasteiger partial charge in [-0.3, -0.25) is 4.79 Å². The Labute approximate surface area is 184 Å². The fraction of sp³-hybridized carbons (Fsp3) is 0.955. The Morgan fingerprint density at radius 1 is 0.935 bits per heavy atom. The maximum atomic E-state index is 12.8. The third-order valence-electron chi connectivity index (χ3n) is 6.96. The fourth-order valence-electron chi connectivity index (χ4n) is 5.09. The summed E-state index contributed by atoms with van der Waals surface area (Å²) in [4.78, 5) is 12.8. The molecule has 9 nitrogen and oxygen atoms in total. The van der Waals surface area contributed by atoms with E-state index in [0.29, 0.717) is 6.42 Å². The number of rotatable bonds is 10. The lowest BCUT2D eigenvalue weighted by molar-refractivity contribution is -0.421. The molecular formula is C22H40N2O7. The van der Waals surface area contributed by atoms with Gasteiger partial charge in [-0.2, -0.15) is 0 Å².